The molecule has 0 aliphatic carbocycles. The second-order valence-electron chi connectivity index (χ2n) is 3.58. The summed E-state index contributed by atoms with van der Waals surface area (Å²) >= 11 is 0. The average Bonchev–Trinajstić information content (AvgIpc) is 2.34. The molecule has 0 aliphatic heterocycles. The number of carboxylic acid groups (broad SMARTS) is 1. The van der Waals surface area contributed by atoms with Crippen LogP contribution < -0.4 is 4.74 Å². The zero-order chi connectivity index (χ0) is 13.5. The molecule has 1 aromatic rings. The van der Waals surface area contributed by atoms with Crippen LogP contribution in [0, 0.1) is 6.92 Å². The van der Waals surface area contributed by atoms with Gasteiger partial charge in [0.05, 0.1) is 7.11 Å². The van der Waals surface area contributed by atoms with E-state index in [2.05, 4.69) is 4.74 Å². The number of ether oxygens (including phenoxy) is 2. The molecule has 5 heteroatoms. The second kappa shape index (κ2) is 6.44. The highest BCUT2D eigenvalue weighted by molar-refractivity contribution is 5.86. The predicted octanol–water partition coefficient (Wildman–Crippen LogP) is 1.64. The Morgan fingerprint density at radius 3 is 2.72 bits per heavy atom. The van der Waals surface area contributed by atoms with E-state index in [1.54, 1.807) is 12.1 Å². The molecule has 0 saturated carbocycles. The predicted molar refractivity (Wildman–Crippen MR) is 65.4 cm³/mol. The number of rotatable bonds is 5. The topological polar surface area (TPSA) is 72.8 Å². The number of esters is 1. The number of carbonyl (C=O) groups excluding carboxylic acids is 1. The van der Waals surface area contributed by atoms with Crippen molar-refractivity contribution < 1.29 is 24.2 Å². The minimum Gasteiger partial charge on any atom is -0.481 e. The van der Waals surface area contributed by atoms with E-state index >= 15 is 0 Å². The van der Waals surface area contributed by atoms with E-state index in [-0.39, 0.29) is 6.61 Å². The van der Waals surface area contributed by atoms with Crippen LogP contribution in [0.25, 0.3) is 6.08 Å². The van der Waals surface area contributed by atoms with Crippen LogP contribution in [0.4, 0.5) is 0 Å². The van der Waals surface area contributed by atoms with Gasteiger partial charge in [-0.1, -0.05) is 11.6 Å². The van der Waals surface area contributed by atoms with Crippen molar-refractivity contribution in [3.63, 3.8) is 0 Å². The first kappa shape index (κ1) is 13.8. The molecule has 0 fully saturated rings. The summed E-state index contributed by atoms with van der Waals surface area (Å²) in [7, 11) is 1.27. The Balaban J connectivity index is 2.89. The largest absolute Gasteiger partial charge is 0.481 e. The molecule has 1 rings (SSSR count). The summed E-state index contributed by atoms with van der Waals surface area (Å²) in [4.78, 5) is 21.4. The standard InChI is InChI=1S/C13H14O5/c1-9-3-5-11(18-8-13(16)17-2)10(7-9)4-6-12(14)15/h3-7H,8H2,1-2H3,(H,14,15). The Bertz CT molecular complexity index is 476. The molecule has 96 valence electrons. The van der Waals surface area contributed by atoms with Gasteiger partial charge < -0.3 is 14.6 Å². The molecule has 1 aromatic carbocycles. The fraction of sp³-hybridized carbons (Fsp3) is 0.231. The van der Waals surface area contributed by atoms with Gasteiger partial charge in [0.2, 0.25) is 0 Å². The fourth-order valence-electron chi connectivity index (χ4n) is 1.29. The van der Waals surface area contributed by atoms with E-state index in [1.807, 2.05) is 13.0 Å². The van der Waals surface area contributed by atoms with Crippen LogP contribution in [0.2, 0.25) is 0 Å². The van der Waals surface area contributed by atoms with Crippen LogP contribution in [0.3, 0.4) is 0 Å². The summed E-state index contributed by atoms with van der Waals surface area (Å²) < 4.78 is 9.72. The van der Waals surface area contributed by atoms with Gasteiger partial charge in [-0.2, -0.15) is 0 Å². The fourth-order valence-corrected chi connectivity index (χ4v) is 1.29. The molecule has 0 atom stereocenters. The Kier molecular flexibility index (Phi) is 4.92. The highest BCUT2D eigenvalue weighted by atomic mass is 16.6. The van der Waals surface area contributed by atoms with Crippen molar-refractivity contribution in [1.29, 1.82) is 0 Å². The van der Waals surface area contributed by atoms with Crippen LogP contribution in [0.1, 0.15) is 11.1 Å². The van der Waals surface area contributed by atoms with Crippen LogP contribution in [-0.2, 0) is 14.3 Å². The maximum Gasteiger partial charge on any atom is 0.343 e. The van der Waals surface area contributed by atoms with Gasteiger partial charge in [0.15, 0.2) is 6.61 Å². The summed E-state index contributed by atoms with van der Waals surface area (Å²) in [5.41, 5.74) is 1.56. The van der Waals surface area contributed by atoms with Crippen molar-refractivity contribution in [2.24, 2.45) is 0 Å². The highest BCUT2D eigenvalue weighted by Gasteiger charge is 2.05. The first-order valence-corrected chi connectivity index (χ1v) is 5.24. The molecule has 0 unspecified atom stereocenters. The van der Waals surface area contributed by atoms with Gasteiger partial charge in [0.1, 0.15) is 5.75 Å². The summed E-state index contributed by atoms with van der Waals surface area (Å²) in [6.45, 7) is 1.66. The third-order valence-corrected chi connectivity index (χ3v) is 2.14. The number of aryl methyl sites for hydroxylation is 1. The Morgan fingerprint density at radius 2 is 2.11 bits per heavy atom. The second-order valence-corrected chi connectivity index (χ2v) is 3.58. The normalized spacial score (nSPS) is 10.3. The number of carbonyl (C=O) groups is 2. The molecule has 0 aromatic heterocycles. The Hall–Kier alpha value is -2.30. The van der Waals surface area contributed by atoms with Gasteiger partial charge in [-0.3, -0.25) is 0 Å². The van der Waals surface area contributed by atoms with Crippen LogP contribution in [0.5, 0.6) is 5.75 Å². The lowest BCUT2D eigenvalue weighted by Gasteiger charge is -2.08. The minimum atomic E-state index is -1.05. The van der Waals surface area contributed by atoms with E-state index in [4.69, 9.17) is 9.84 Å². The van der Waals surface area contributed by atoms with Crippen molar-refractivity contribution in [1.82, 2.24) is 0 Å². The molecule has 0 bridgehead atoms. The zero-order valence-corrected chi connectivity index (χ0v) is 10.2. The van der Waals surface area contributed by atoms with E-state index in [0.29, 0.717) is 11.3 Å². The Morgan fingerprint density at radius 1 is 1.39 bits per heavy atom. The molecule has 0 aliphatic rings. The van der Waals surface area contributed by atoms with Gasteiger partial charge in [-0.15, -0.1) is 0 Å². The van der Waals surface area contributed by atoms with E-state index in [0.717, 1.165) is 11.6 Å². The monoisotopic (exact) mass is 250 g/mol. The van der Waals surface area contributed by atoms with Gasteiger partial charge in [-0.05, 0) is 25.1 Å². The molecule has 0 radical (unpaired) electrons. The van der Waals surface area contributed by atoms with Gasteiger partial charge in [-0.25, -0.2) is 9.59 Å². The maximum absolute atomic E-state index is 11.0. The number of aliphatic carboxylic acids is 1. The molecule has 18 heavy (non-hydrogen) atoms. The molecule has 0 saturated heterocycles. The third kappa shape index (κ3) is 4.29. The van der Waals surface area contributed by atoms with Gasteiger partial charge in [0.25, 0.3) is 0 Å². The smallest absolute Gasteiger partial charge is 0.343 e. The van der Waals surface area contributed by atoms with Crippen molar-refractivity contribution >= 4 is 18.0 Å². The van der Waals surface area contributed by atoms with Crippen molar-refractivity contribution in [2.45, 2.75) is 6.92 Å². The van der Waals surface area contributed by atoms with Gasteiger partial charge in [0, 0.05) is 11.6 Å². The average molecular weight is 250 g/mol. The first-order chi connectivity index (χ1) is 8.52. The van der Waals surface area contributed by atoms with E-state index < -0.39 is 11.9 Å². The number of hydrogen-bond donors (Lipinski definition) is 1. The van der Waals surface area contributed by atoms with E-state index in [9.17, 15) is 9.59 Å². The van der Waals surface area contributed by atoms with Crippen molar-refractivity contribution in [2.75, 3.05) is 13.7 Å². The molecular weight excluding hydrogens is 236 g/mol. The van der Waals surface area contributed by atoms with Crippen LogP contribution >= 0.6 is 0 Å². The molecular formula is C13H14O5. The maximum atomic E-state index is 11.0. The summed E-state index contributed by atoms with van der Waals surface area (Å²) in [5.74, 6) is -1.11. The first-order valence-electron chi connectivity index (χ1n) is 5.24. The molecule has 0 spiro atoms. The number of benzene rings is 1. The lowest BCUT2D eigenvalue weighted by atomic mass is 10.1. The Labute approximate surface area is 105 Å². The van der Waals surface area contributed by atoms with Crippen molar-refractivity contribution in [3.8, 4) is 5.75 Å². The molecule has 1 N–H and O–H groups in total. The quantitative estimate of drug-likeness (QED) is 0.635. The minimum absolute atomic E-state index is 0.215. The van der Waals surface area contributed by atoms with E-state index in [1.165, 1.54) is 13.2 Å². The number of hydrogen-bond acceptors (Lipinski definition) is 4. The number of carboxylic acids is 1. The third-order valence-electron chi connectivity index (χ3n) is 2.14. The lowest BCUT2D eigenvalue weighted by molar-refractivity contribution is -0.143. The lowest BCUT2D eigenvalue weighted by Crippen LogP contribution is -2.13. The summed E-state index contributed by atoms with van der Waals surface area (Å²) in [5, 5.41) is 8.59. The van der Waals surface area contributed by atoms with Crippen LogP contribution in [-0.4, -0.2) is 30.8 Å². The molecule has 0 heterocycles. The summed E-state index contributed by atoms with van der Waals surface area (Å²) in [6.07, 6.45) is 2.43. The SMILES string of the molecule is COC(=O)COc1ccc(C)cc1C=CC(=O)O. The van der Waals surface area contributed by atoms with Gasteiger partial charge >= 0.3 is 11.9 Å². The highest BCUT2D eigenvalue weighted by Crippen LogP contribution is 2.21. The number of methoxy groups -OCH3 is 1. The molecule has 5 nitrogen and oxygen atoms in total. The summed E-state index contributed by atoms with van der Waals surface area (Å²) in [6, 6.07) is 5.26. The zero-order valence-electron chi connectivity index (χ0n) is 10.2. The van der Waals surface area contributed by atoms with Crippen molar-refractivity contribution in [3.05, 3.63) is 35.4 Å². The van der Waals surface area contributed by atoms with Crippen LogP contribution in [0.15, 0.2) is 24.3 Å². The molecule has 0 amide bonds.